The molecule has 7 heteroatoms. The van der Waals surface area contributed by atoms with E-state index >= 15 is 0 Å². The summed E-state index contributed by atoms with van der Waals surface area (Å²) in [6.07, 6.45) is 0. The molecule has 6 nitrogen and oxygen atoms in total. The highest BCUT2D eigenvalue weighted by molar-refractivity contribution is 7.87. The zero-order chi connectivity index (χ0) is 12.2. The van der Waals surface area contributed by atoms with Crippen molar-refractivity contribution in [1.29, 1.82) is 0 Å². The van der Waals surface area contributed by atoms with Crippen molar-refractivity contribution in [3.63, 3.8) is 0 Å². The van der Waals surface area contributed by atoms with Crippen molar-refractivity contribution >= 4 is 16.2 Å². The molecule has 0 rings (SSSR count). The predicted octanol–water partition coefficient (Wildman–Crippen LogP) is -0.118. The van der Waals surface area contributed by atoms with E-state index in [2.05, 4.69) is 4.72 Å². The first-order valence-electron chi connectivity index (χ1n) is 4.68. The van der Waals surface area contributed by atoms with Gasteiger partial charge in [-0.2, -0.15) is 17.4 Å². The zero-order valence-corrected chi connectivity index (χ0v) is 10.2. The summed E-state index contributed by atoms with van der Waals surface area (Å²) in [5.41, 5.74) is 0. The molecule has 0 aliphatic rings. The quantitative estimate of drug-likeness (QED) is 0.675. The molecule has 0 unspecified atom stereocenters. The summed E-state index contributed by atoms with van der Waals surface area (Å²) in [7, 11) is -2.31. The molecule has 0 saturated heterocycles. The van der Waals surface area contributed by atoms with Gasteiger partial charge in [0, 0.05) is 13.6 Å². The van der Waals surface area contributed by atoms with E-state index < -0.39 is 22.2 Å². The van der Waals surface area contributed by atoms with Crippen LogP contribution in [0.3, 0.4) is 0 Å². The second kappa shape index (κ2) is 5.43. The highest BCUT2D eigenvalue weighted by Gasteiger charge is 2.28. The van der Waals surface area contributed by atoms with E-state index in [9.17, 15) is 13.2 Å². The minimum atomic E-state index is -3.70. The van der Waals surface area contributed by atoms with Crippen LogP contribution in [0.1, 0.15) is 20.8 Å². The van der Waals surface area contributed by atoms with Gasteiger partial charge in [-0.15, -0.1) is 0 Å². The summed E-state index contributed by atoms with van der Waals surface area (Å²) in [5, 5.41) is 8.82. The lowest BCUT2D eigenvalue weighted by Gasteiger charge is -2.21. The van der Waals surface area contributed by atoms with Crippen LogP contribution in [0, 0.1) is 5.92 Å². The van der Waals surface area contributed by atoms with Crippen molar-refractivity contribution in [2.24, 2.45) is 5.92 Å². The maximum Gasteiger partial charge on any atom is 0.322 e. The standard InChI is InChI=1S/C8H18N2O4S/c1-5-10(4)15(13,14)9-7(6(2)3)8(11)12/h6-7,9H,5H2,1-4H3,(H,11,12)/t7-/m1/s1. The number of nitrogens with one attached hydrogen (secondary N) is 1. The first kappa shape index (κ1) is 14.3. The summed E-state index contributed by atoms with van der Waals surface area (Å²) in [5.74, 6) is -1.47. The van der Waals surface area contributed by atoms with Crippen LogP contribution in [0.25, 0.3) is 0 Å². The van der Waals surface area contributed by atoms with Gasteiger partial charge in [-0.3, -0.25) is 4.79 Å². The van der Waals surface area contributed by atoms with Crippen molar-refractivity contribution in [1.82, 2.24) is 9.03 Å². The Hall–Kier alpha value is -0.660. The number of hydrogen-bond donors (Lipinski definition) is 2. The predicted molar refractivity (Wildman–Crippen MR) is 56.6 cm³/mol. The van der Waals surface area contributed by atoms with Gasteiger partial charge in [0.15, 0.2) is 0 Å². The van der Waals surface area contributed by atoms with E-state index in [-0.39, 0.29) is 5.92 Å². The van der Waals surface area contributed by atoms with E-state index in [4.69, 9.17) is 5.11 Å². The fourth-order valence-electron chi connectivity index (χ4n) is 0.892. The van der Waals surface area contributed by atoms with Crippen LogP contribution in [0.4, 0.5) is 0 Å². The minimum Gasteiger partial charge on any atom is -0.480 e. The molecule has 0 bridgehead atoms. The Labute approximate surface area is 90.5 Å². The van der Waals surface area contributed by atoms with Gasteiger partial charge in [0.05, 0.1) is 0 Å². The lowest BCUT2D eigenvalue weighted by atomic mass is 10.1. The van der Waals surface area contributed by atoms with Crippen molar-refractivity contribution in [3.05, 3.63) is 0 Å². The summed E-state index contributed by atoms with van der Waals surface area (Å²) < 4.78 is 26.3. The lowest BCUT2D eigenvalue weighted by Crippen LogP contribution is -2.49. The molecule has 0 spiro atoms. The molecule has 0 aromatic rings. The van der Waals surface area contributed by atoms with Gasteiger partial charge in [-0.05, 0) is 5.92 Å². The monoisotopic (exact) mass is 238 g/mol. The number of carbonyl (C=O) groups is 1. The third kappa shape index (κ3) is 4.15. The molecule has 2 N–H and O–H groups in total. The average molecular weight is 238 g/mol. The van der Waals surface area contributed by atoms with Gasteiger partial charge in [-0.1, -0.05) is 20.8 Å². The van der Waals surface area contributed by atoms with E-state index in [0.29, 0.717) is 6.54 Å². The van der Waals surface area contributed by atoms with Gasteiger partial charge in [-0.25, -0.2) is 0 Å². The molecule has 0 aliphatic carbocycles. The van der Waals surface area contributed by atoms with Crippen LogP contribution in [0.5, 0.6) is 0 Å². The Morgan fingerprint density at radius 3 is 2.20 bits per heavy atom. The second-order valence-electron chi connectivity index (χ2n) is 3.60. The van der Waals surface area contributed by atoms with Crippen LogP contribution in [-0.2, 0) is 15.0 Å². The van der Waals surface area contributed by atoms with Crippen molar-refractivity contribution in [2.75, 3.05) is 13.6 Å². The highest BCUT2D eigenvalue weighted by atomic mass is 32.2. The minimum absolute atomic E-state index is 0.291. The molecule has 0 radical (unpaired) electrons. The average Bonchev–Trinajstić information content (AvgIpc) is 2.11. The largest absolute Gasteiger partial charge is 0.480 e. The molecule has 90 valence electrons. The molecule has 0 amide bonds. The molecule has 0 aromatic carbocycles. The fourth-order valence-corrected chi connectivity index (χ4v) is 2.11. The topological polar surface area (TPSA) is 86.7 Å². The van der Waals surface area contributed by atoms with Crippen LogP contribution in [0.15, 0.2) is 0 Å². The van der Waals surface area contributed by atoms with Gasteiger partial charge >= 0.3 is 5.97 Å². The smallest absolute Gasteiger partial charge is 0.322 e. The van der Waals surface area contributed by atoms with E-state index in [1.54, 1.807) is 20.8 Å². The summed E-state index contributed by atoms with van der Waals surface area (Å²) in [6.45, 7) is 5.25. The molecule has 0 fully saturated rings. The molecule has 0 heterocycles. The van der Waals surface area contributed by atoms with Gasteiger partial charge < -0.3 is 5.11 Å². The molecule has 1 atom stereocenters. The zero-order valence-electron chi connectivity index (χ0n) is 9.39. The van der Waals surface area contributed by atoms with Crippen molar-refractivity contribution in [2.45, 2.75) is 26.8 Å². The number of rotatable bonds is 6. The molecule has 0 saturated carbocycles. The van der Waals surface area contributed by atoms with E-state index in [1.165, 1.54) is 7.05 Å². The number of carboxylic acids is 1. The number of aliphatic carboxylic acids is 1. The lowest BCUT2D eigenvalue weighted by molar-refractivity contribution is -0.140. The summed E-state index contributed by atoms with van der Waals surface area (Å²) in [6, 6.07) is -1.09. The Morgan fingerprint density at radius 1 is 1.47 bits per heavy atom. The number of carboxylic acid groups (broad SMARTS) is 1. The Morgan fingerprint density at radius 2 is 1.93 bits per heavy atom. The van der Waals surface area contributed by atoms with Gasteiger partial charge in [0.2, 0.25) is 0 Å². The van der Waals surface area contributed by atoms with Crippen molar-refractivity contribution in [3.8, 4) is 0 Å². The summed E-state index contributed by atoms with van der Waals surface area (Å²) >= 11 is 0. The second-order valence-corrected chi connectivity index (χ2v) is 5.41. The maximum atomic E-state index is 11.5. The van der Waals surface area contributed by atoms with Crippen LogP contribution < -0.4 is 4.72 Å². The van der Waals surface area contributed by atoms with E-state index in [1.807, 2.05) is 0 Å². The van der Waals surface area contributed by atoms with Crippen LogP contribution >= 0.6 is 0 Å². The van der Waals surface area contributed by atoms with E-state index in [0.717, 1.165) is 4.31 Å². The van der Waals surface area contributed by atoms with Crippen LogP contribution in [0.2, 0.25) is 0 Å². The molecule has 0 aromatic heterocycles. The summed E-state index contributed by atoms with van der Waals surface area (Å²) in [4.78, 5) is 10.8. The molecular formula is C8H18N2O4S. The Bertz CT molecular complexity index is 313. The Balaban J connectivity index is 4.76. The number of nitrogens with zero attached hydrogens (tertiary/aromatic N) is 1. The molecular weight excluding hydrogens is 220 g/mol. The van der Waals surface area contributed by atoms with Gasteiger partial charge in [0.25, 0.3) is 10.2 Å². The molecule has 0 aliphatic heterocycles. The van der Waals surface area contributed by atoms with Crippen molar-refractivity contribution < 1.29 is 18.3 Å². The third-order valence-electron chi connectivity index (χ3n) is 2.06. The number of hydrogen-bond acceptors (Lipinski definition) is 3. The first-order valence-corrected chi connectivity index (χ1v) is 6.12. The first-order chi connectivity index (χ1) is 6.72. The van der Waals surface area contributed by atoms with Gasteiger partial charge in [0.1, 0.15) is 6.04 Å². The normalized spacial score (nSPS) is 14.5. The SMILES string of the molecule is CCN(C)S(=O)(=O)N[C@@H](C(=O)O)C(C)C. The molecule has 15 heavy (non-hydrogen) atoms. The Kier molecular flexibility index (Phi) is 5.19. The van der Waals surface area contributed by atoms with Crippen LogP contribution in [-0.4, -0.2) is 43.4 Å². The maximum absolute atomic E-state index is 11.5. The highest BCUT2D eigenvalue weighted by Crippen LogP contribution is 2.05. The fraction of sp³-hybridized carbons (Fsp3) is 0.875. The third-order valence-corrected chi connectivity index (χ3v) is 3.69.